The third-order valence-electron chi connectivity index (χ3n) is 9.03. The van der Waals surface area contributed by atoms with Gasteiger partial charge >= 0.3 is 0 Å². The summed E-state index contributed by atoms with van der Waals surface area (Å²) >= 11 is 1.71. The van der Waals surface area contributed by atoms with Gasteiger partial charge in [-0.25, -0.2) is 0 Å². The maximum absolute atomic E-state index is 10.2. The topological polar surface area (TPSA) is 54.5 Å². The van der Waals surface area contributed by atoms with Crippen LogP contribution in [0.4, 0.5) is 0 Å². The van der Waals surface area contributed by atoms with Gasteiger partial charge in [0.05, 0.1) is 22.3 Å². The van der Waals surface area contributed by atoms with E-state index in [0.717, 1.165) is 59.4 Å². The minimum atomic E-state index is 0. The monoisotopic (exact) mass is 853 g/mol. The first kappa shape index (κ1) is 34.0. The largest absolute Gasteiger partial charge is 0.307 e. The fourth-order valence-electron chi connectivity index (χ4n) is 6.52. The molecule has 0 N–H and O–H groups in total. The first-order valence-electron chi connectivity index (χ1n) is 16.6. The molecule has 9 aromatic rings. The van der Waals surface area contributed by atoms with Crippen LogP contribution in [0.1, 0.15) is 31.9 Å². The molecule has 1 radical (unpaired) electrons. The Morgan fingerprint density at radius 3 is 1.98 bits per heavy atom. The Bertz CT molecular complexity index is 2630. The Labute approximate surface area is 315 Å². The molecule has 0 bridgehead atoms. The number of thiophene rings is 1. The van der Waals surface area contributed by atoms with Crippen LogP contribution in [0.25, 0.3) is 70.2 Å². The van der Waals surface area contributed by atoms with Crippen molar-refractivity contribution in [3.8, 4) is 34.3 Å². The second-order valence-electron chi connectivity index (χ2n) is 13.2. The summed E-state index contributed by atoms with van der Waals surface area (Å²) in [5.41, 5.74) is 9.13. The minimum Gasteiger partial charge on any atom is -0.307 e. The molecule has 249 valence electrons. The molecule has 4 aromatic heterocycles. The van der Waals surface area contributed by atoms with Gasteiger partial charge in [-0.05, 0) is 56.7 Å². The van der Waals surface area contributed by atoms with Gasteiger partial charge in [-0.2, -0.15) is 16.6 Å². The van der Waals surface area contributed by atoms with Crippen LogP contribution in [-0.4, -0.2) is 14.5 Å². The average Bonchev–Trinajstić information content (AvgIpc) is 3.71. The summed E-state index contributed by atoms with van der Waals surface area (Å²) in [6, 6.07) is 52.0. The molecule has 0 saturated heterocycles. The van der Waals surface area contributed by atoms with Crippen molar-refractivity contribution in [3.05, 3.63) is 163 Å². The van der Waals surface area contributed by atoms with Gasteiger partial charge in [0.1, 0.15) is 6.07 Å². The maximum atomic E-state index is 10.2. The van der Waals surface area contributed by atoms with Gasteiger partial charge in [0.15, 0.2) is 0 Å². The van der Waals surface area contributed by atoms with Gasteiger partial charge in [0.25, 0.3) is 0 Å². The van der Waals surface area contributed by atoms with Gasteiger partial charge in [0.2, 0.25) is 0 Å². The molecule has 0 aliphatic rings. The fraction of sp³-hybridized carbons (Fsp3) is 0.0889. The van der Waals surface area contributed by atoms with Crippen LogP contribution in [0.5, 0.6) is 0 Å². The summed E-state index contributed by atoms with van der Waals surface area (Å²) in [5.74, 6) is 0. The Hall–Kier alpha value is -5.44. The van der Waals surface area contributed by atoms with E-state index in [1.165, 1.54) is 16.3 Å². The van der Waals surface area contributed by atoms with Crippen LogP contribution in [0.3, 0.4) is 0 Å². The van der Waals surface area contributed by atoms with Gasteiger partial charge in [-0.3, -0.25) is 0 Å². The molecular weight excluding hydrogens is 821 g/mol. The third-order valence-corrected chi connectivity index (χ3v) is 10.3. The molecule has 0 saturated carbocycles. The molecule has 9 rings (SSSR count). The van der Waals surface area contributed by atoms with E-state index in [2.05, 4.69) is 126 Å². The molecular formula is C45H32IrN4S-2. The summed E-state index contributed by atoms with van der Waals surface area (Å²) in [5, 5.41) is 14.8. The quantitative estimate of drug-likeness (QED) is 0.166. The molecule has 5 aromatic carbocycles. The zero-order valence-electron chi connectivity index (χ0n) is 28.3. The zero-order valence-corrected chi connectivity index (χ0v) is 31.5. The van der Waals surface area contributed by atoms with E-state index in [1.807, 2.05) is 67.0 Å². The second-order valence-corrected chi connectivity index (χ2v) is 14.2. The van der Waals surface area contributed by atoms with Crippen molar-refractivity contribution in [2.75, 3.05) is 0 Å². The summed E-state index contributed by atoms with van der Waals surface area (Å²) in [6.45, 7) is 6.58. The zero-order chi connectivity index (χ0) is 34.2. The van der Waals surface area contributed by atoms with E-state index < -0.39 is 0 Å². The van der Waals surface area contributed by atoms with E-state index in [1.54, 1.807) is 11.3 Å². The number of fused-ring (bicyclic) bond motifs is 6. The standard InChI is InChI=1S/C30H16N3S.C15H16N.Ir/c31-18-19-15-16-23-22-10-7-11-24(25-12-5-6-17-32-25)29(22)34-30(23)28(19)33-26-13-3-1-8-20(26)21-9-2-4-14-27(21)33;1-15(2,3)13-9-10-14(16-11-13)12-7-5-4-6-8-12;/h1-10,12-17H;4-7,9-11H,1-3H3;/q2*-1;. The molecule has 0 unspecified atom stereocenters. The number of benzene rings is 5. The molecule has 4 nitrogen and oxygen atoms in total. The molecule has 0 amide bonds. The molecule has 0 fully saturated rings. The molecule has 0 atom stereocenters. The Morgan fingerprint density at radius 2 is 1.35 bits per heavy atom. The number of hydrogen-bond acceptors (Lipinski definition) is 4. The fourth-order valence-corrected chi connectivity index (χ4v) is 7.86. The number of nitrogens with zero attached hydrogens (tertiary/aromatic N) is 4. The van der Waals surface area contributed by atoms with Crippen LogP contribution >= 0.6 is 11.3 Å². The van der Waals surface area contributed by atoms with Crippen LogP contribution < -0.4 is 0 Å². The molecule has 6 heteroatoms. The van der Waals surface area contributed by atoms with Crippen molar-refractivity contribution >= 4 is 53.3 Å². The minimum absolute atomic E-state index is 0. The van der Waals surface area contributed by atoms with Gasteiger partial charge in [-0.15, -0.1) is 59.7 Å². The second kappa shape index (κ2) is 14.1. The van der Waals surface area contributed by atoms with E-state index >= 15 is 0 Å². The van der Waals surface area contributed by atoms with Crippen molar-refractivity contribution < 1.29 is 20.1 Å². The van der Waals surface area contributed by atoms with Crippen LogP contribution in [-0.2, 0) is 25.5 Å². The van der Waals surface area contributed by atoms with Crippen LogP contribution in [0.15, 0.2) is 140 Å². The molecule has 0 spiro atoms. The number of pyridine rings is 2. The molecule has 0 aliphatic carbocycles. The average molecular weight is 853 g/mol. The summed E-state index contributed by atoms with van der Waals surface area (Å²) in [4.78, 5) is 9.06. The Morgan fingerprint density at radius 1 is 0.647 bits per heavy atom. The molecule has 4 heterocycles. The number of rotatable bonds is 3. The normalized spacial score (nSPS) is 11.3. The van der Waals surface area contributed by atoms with Gasteiger partial charge in [0, 0.05) is 48.0 Å². The Kier molecular flexibility index (Phi) is 9.38. The van der Waals surface area contributed by atoms with Crippen molar-refractivity contribution in [1.82, 2.24) is 14.5 Å². The smallest absolute Gasteiger partial charge is 0.101 e. The van der Waals surface area contributed by atoms with Crippen molar-refractivity contribution in [2.24, 2.45) is 0 Å². The summed E-state index contributed by atoms with van der Waals surface area (Å²) in [7, 11) is 0. The number of aromatic nitrogens is 3. The summed E-state index contributed by atoms with van der Waals surface area (Å²) in [6.07, 6.45) is 3.77. The number of nitriles is 1. The molecule has 51 heavy (non-hydrogen) atoms. The third kappa shape index (κ3) is 6.26. The number of hydrogen-bond donors (Lipinski definition) is 0. The number of para-hydroxylation sites is 2. The predicted molar refractivity (Wildman–Crippen MR) is 208 cm³/mol. The summed E-state index contributed by atoms with van der Waals surface area (Å²) < 4.78 is 4.48. The Balaban J connectivity index is 0.000000202. The maximum Gasteiger partial charge on any atom is 0.101 e. The van der Waals surface area contributed by atoms with Crippen LogP contribution in [0.2, 0.25) is 0 Å². The SMILES string of the molecule is CC(C)(C)c1ccc(-c2[c-]cccc2)nc1.N#Cc1ccc2c(sc3c(-c4ccccn4)[c-]ccc32)c1-n1c2ccccc2c2ccccc21.[Ir]. The van der Waals surface area contributed by atoms with Gasteiger partial charge in [-0.1, -0.05) is 92.9 Å². The van der Waals surface area contributed by atoms with Crippen molar-refractivity contribution in [1.29, 1.82) is 5.26 Å². The van der Waals surface area contributed by atoms with E-state index in [9.17, 15) is 5.26 Å². The first-order chi connectivity index (χ1) is 24.4. The first-order valence-corrected chi connectivity index (χ1v) is 17.4. The van der Waals surface area contributed by atoms with Crippen LogP contribution in [0, 0.1) is 23.5 Å². The van der Waals surface area contributed by atoms with E-state index in [0.29, 0.717) is 5.56 Å². The van der Waals surface area contributed by atoms with E-state index in [-0.39, 0.29) is 25.5 Å². The van der Waals surface area contributed by atoms with Crippen molar-refractivity contribution in [2.45, 2.75) is 26.2 Å². The molecule has 0 aliphatic heterocycles. The van der Waals surface area contributed by atoms with Crippen molar-refractivity contribution in [3.63, 3.8) is 0 Å². The van der Waals surface area contributed by atoms with E-state index in [4.69, 9.17) is 0 Å². The van der Waals surface area contributed by atoms with Gasteiger partial charge < -0.3 is 14.5 Å². The predicted octanol–water partition coefficient (Wildman–Crippen LogP) is 11.7.